The van der Waals surface area contributed by atoms with Gasteiger partial charge in [-0.05, 0) is 38.7 Å². The van der Waals surface area contributed by atoms with Crippen LogP contribution in [0, 0.1) is 0 Å². The summed E-state index contributed by atoms with van der Waals surface area (Å²) in [5.74, 6) is 0. The molecule has 0 spiro atoms. The van der Waals surface area contributed by atoms with Gasteiger partial charge in [0.25, 0.3) is 0 Å². The van der Waals surface area contributed by atoms with Gasteiger partial charge in [0.2, 0.25) is 0 Å². The Balaban J connectivity index is 2.05. The van der Waals surface area contributed by atoms with E-state index in [0.29, 0.717) is 5.54 Å². The van der Waals surface area contributed by atoms with Crippen LogP contribution in [0.5, 0.6) is 0 Å². The number of aliphatic hydroxyl groups is 1. The average molecular weight is 403 g/mol. The molecule has 2 atom stereocenters. The van der Waals surface area contributed by atoms with Crippen LogP contribution in [0.3, 0.4) is 0 Å². The van der Waals surface area contributed by atoms with Crippen molar-refractivity contribution in [2.24, 2.45) is 0 Å². The van der Waals surface area contributed by atoms with Gasteiger partial charge in [0.1, 0.15) is 0 Å². The minimum Gasteiger partial charge on any atom is -0.393 e. The van der Waals surface area contributed by atoms with E-state index in [1.807, 2.05) is 0 Å². The van der Waals surface area contributed by atoms with Crippen LogP contribution in [0.15, 0.2) is 102 Å². The average Bonchev–Trinajstić information content (AvgIpc) is 2.76. The molecule has 28 heavy (non-hydrogen) atoms. The van der Waals surface area contributed by atoms with E-state index >= 15 is 0 Å². The Labute approximate surface area is 173 Å². The van der Waals surface area contributed by atoms with E-state index in [9.17, 15) is 5.11 Å². The van der Waals surface area contributed by atoms with Crippen LogP contribution < -0.4 is 15.6 Å². The van der Waals surface area contributed by atoms with Gasteiger partial charge in [-0.1, -0.05) is 97.1 Å². The molecule has 0 heterocycles. The maximum Gasteiger partial charge on any atom is 0.155 e. The molecule has 0 saturated carbocycles. The van der Waals surface area contributed by atoms with Gasteiger partial charge in [-0.2, -0.15) is 0 Å². The van der Waals surface area contributed by atoms with Gasteiger partial charge in [0, 0.05) is 6.42 Å². The van der Waals surface area contributed by atoms with Crippen molar-refractivity contribution in [1.29, 1.82) is 0 Å². The second-order valence-electron chi connectivity index (χ2n) is 7.44. The van der Waals surface area contributed by atoms with Gasteiger partial charge in [-0.3, -0.25) is 0 Å². The van der Waals surface area contributed by atoms with Crippen LogP contribution in [0.1, 0.15) is 12.8 Å². The Kier molecular flexibility index (Phi) is 5.86. The fraction of sp³-hybridized carbons (Fsp3) is 0.200. The van der Waals surface area contributed by atoms with Crippen molar-refractivity contribution < 1.29 is 5.11 Å². The summed E-state index contributed by atoms with van der Waals surface area (Å²) in [4.78, 5) is 1.31. The monoisotopic (exact) mass is 402 g/mol. The smallest absolute Gasteiger partial charge is 0.155 e. The number of thioether (sulfide) groups is 1. The third-order valence-corrected chi connectivity index (χ3v) is 11.9. The molecule has 0 fully saturated rings. The number of allylic oxidation sites excluding steroid dienone is 1. The van der Waals surface area contributed by atoms with E-state index in [2.05, 4.69) is 103 Å². The lowest BCUT2D eigenvalue weighted by Gasteiger charge is -2.42. The van der Waals surface area contributed by atoms with E-state index in [1.54, 1.807) is 11.8 Å². The summed E-state index contributed by atoms with van der Waals surface area (Å²) in [6, 6.07) is 33.0. The van der Waals surface area contributed by atoms with Gasteiger partial charge < -0.3 is 5.11 Å². The zero-order chi connectivity index (χ0) is 19.4. The Morgan fingerprint density at radius 3 is 1.57 bits per heavy atom. The van der Waals surface area contributed by atoms with E-state index in [4.69, 9.17) is 0 Å². The summed E-state index contributed by atoms with van der Waals surface area (Å²) >= 11 is 1.78. The van der Waals surface area contributed by atoms with Crippen molar-refractivity contribution in [2.75, 3.05) is 6.26 Å². The van der Waals surface area contributed by atoms with Crippen LogP contribution >= 0.6 is 11.8 Å². The zero-order valence-electron chi connectivity index (χ0n) is 16.2. The Hall–Kier alpha value is -2.07. The van der Waals surface area contributed by atoms with Crippen molar-refractivity contribution in [1.82, 2.24) is 0 Å². The first-order valence-corrected chi connectivity index (χ1v) is 13.1. The molecule has 1 nitrogen and oxygen atoms in total. The lowest BCUT2D eigenvalue weighted by atomic mass is 10.0. The first kappa shape index (κ1) is 19.3. The highest BCUT2D eigenvalue weighted by atomic mass is 32.2. The second kappa shape index (κ2) is 8.52. The highest BCUT2D eigenvalue weighted by Crippen LogP contribution is 2.38. The summed E-state index contributed by atoms with van der Waals surface area (Å²) in [6.07, 6.45) is 5.91. The molecule has 3 aromatic rings. The Bertz CT molecular complexity index is 828. The molecular weight excluding hydrogens is 376 g/mol. The molecule has 0 aliphatic heterocycles. The molecule has 0 bridgehead atoms. The lowest BCUT2D eigenvalue weighted by Crippen LogP contribution is -2.70. The second-order valence-corrected chi connectivity index (χ2v) is 12.5. The summed E-state index contributed by atoms with van der Waals surface area (Å²) in [7, 11) is -2.37. The molecule has 1 N–H and O–H groups in total. The molecule has 0 radical (unpaired) electrons. The van der Waals surface area contributed by atoms with E-state index in [0.717, 1.165) is 12.8 Å². The predicted molar refractivity (Wildman–Crippen MR) is 125 cm³/mol. The van der Waals surface area contributed by atoms with Crippen molar-refractivity contribution >= 4 is 35.4 Å². The van der Waals surface area contributed by atoms with Crippen molar-refractivity contribution in [3.8, 4) is 0 Å². The number of aliphatic hydroxyl groups excluding tert-OH is 1. The minimum atomic E-state index is -2.37. The summed E-state index contributed by atoms with van der Waals surface area (Å²) < 4.78 is 0. The van der Waals surface area contributed by atoms with Crippen LogP contribution in [0.2, 0.25) is 5.54 Å². The number of benzene rings is 3. The van der Waals surface area contributed by atoms with Gasteiger partial charge in [-0.25, -0.2) is 0 Å². The Morgan fingerprint density at radius 1 is 0.750 bits per heavy atom. The summed E-state index contributed by atoms with van der Waals surface area (Å²) in [6.45, 7) is 0. The van der Waals surface area contributed by atoms with Crippen LogP contribution in [0.4, 0.5) is 0 Å². The standard InChI is InChI=1S/C25H26OSSi/c1-27-21-17-20(26)18-25(19-21)28(22-11-5-2-6-12-22,23-13-7-3-8-14-23)24-15-9-4-10-16-24/h2-16,19-20,25-26H,17-18H2,1H3/t20-,25-/m1/s1. The third kappa shape index (κ3) is 3.50. The van der Waals surface area contributed by atoms with Gasteiger partial charge in [0.15, 0.2) is 8.07 Å². The molecule has 142 valence electrons. The fourth-order valence-corrected chi connectivity index (χ4v) is 11.0. The SMILES string of the molecule is CSC1=C[C@H]([Si](c2ccccc2)(c2ccccc2)c2ccccc2)C[C@H](O)C1. The van der Waals surface area contributed by atoms with E-state index in [-0.39, 0.29) is 6.10 Å². The molecule has 1 aliphatic rings. The molecular formula is C25H26OSSi. The highest BCUT2D eigenvalue weighted by molar-refractivity contribution is 8.02. The lowest BCUT2D eigenvalue weighted by molar-refractivity contribution is 0.163. The Morgan fingerprint density at radius 2 is 1.18 bits per heavy atom. The zero-order valence-corrected chi connectivity index (χ0v) is 18.0. The molecule has 0 unspecified atom stereocenters. The quantitative estimate of drug-likeness (QED) is 0.515. The first-order chi connectivity index (χ1) is 13.7. The van der Waals surface area contributed by atoms with Crippen LogP contribution in [0.25, 0.3) is 0 Å². The number of hydrogen-bond acceptors (Lipinski definition) is 2. The maximum absolute atomic E-state index is 10.8. The van der Waals surface area contributed by atoms with Crippen molar-refractivity contribution in [2.45, 2.75) is 24.5 Å². The van der Waals surface area contributed by atoms with Gasteiger partial charge >= 0.3 is 0 Å². The fourth-order valence-electron chi connectivity index (χ4n) is 4.67. The van der Waals surface area contributed by atoms with Crippen LogP contribution in [-0.4, -0.2) is 25.5 Å². The van der Waals surface area contributed by atoms with Gasteiger partial charge in [-0.15, -0.1) is 11.8 Å². The maximum atomic E-state index is 10.8. The largest absolute Gasteiger partial charge is 0.393 e. The molecule has 0 aromatic heterocycles. The van der Waals surface area contributed by atoms with Gasteiger partial charge in [0.05, 0.1) is 6.10 Å². The molecule has 0 saturated heterocycles. The molecule has 3 heteroatoms. The summed E-state index contributed by atoms with van der Waals surface area (Å²) in [5, 5.41) is 15.0. The third-order valence-electron chi connectivity index (χ3n) is 5.86. The summed E-state index contributed by atoms with van der Waals surface area (Å²) in [5.41, 5.74) is 0.311. The molecule has 0 amide bonds. The first-order valence-electron chi connectivity index (χ1n) is 9.84. The van der Waals surface area contributed by atoms with Crippen molar-refractivity contribution in [3.05, 3.63) is 102 Å². The van der Waals surface area contributed by atoms with E-state index in [1.165, 1.54) is 20.5 Å². The number of rotatable bonds is 5. The normalized spacial score (nSPS) is 19.9. The minimum absolute atomic E-state index is 0.277. The van der Waals surface area contributed by atoms with Crippen LogP contribution in [-0.2, 0) is 0 Å². The predicted octanol–water partition coefficient (Wildman–Crippen LogP) is 3.93. The number of hydrogen-bond donors (Lipinski definition) is 1. The molecule has 4 rings (SSSR count). The highest BCUT2D eigenvalue weighted by Gasteiger charge is 2.47. The molecule has 1 aliphatic carbocycles. The van der Waals surface area contributed by atoms with E-state index < -0.39 is 8.07 Å². The topological polar surface area (TPSA) is 20.2 Å². The molecule has 3 aromatic carbocycles. The van der Waals surface area contributed by atoms with Crippen molar-refractivity contribution in [3.63, 3.8) is 0 Å².